The quantitative estimate of drug-likeness (QED) is 0.539. The normalized spacial score (nSPS) is 19.5. The number of aromatic nitrogens is 2. The fraction of sp³-hybridized carbons (Fsp3) is 0.478. The Balaban J connectivity index is 1.52. The molecule has 2 aliphatic rings. The molecule has 2 N–H and O–H groups in total. The molecule has 3 heterocycles. The third kappa shape index (κ3) is 6.58. The number of nitrogens with zero attached hydrogens (tertiary/aromatic N) is 3. The van der Waals surface area contributed by atoms with Crippen LogP contribution >= 0.6 is 0 Å². The van der Waals surface area contributed by atoms with Crippen molar-refractivity contribution in [2.24, 2.45) is 5.92 Å². The fourth-order valence-corrected chi connectivity index (χ4v) is 3.91. The van der Waals surface area contributed by atoms with Crippen LogP contribution in [0.1, 0.15) is 41.7 Å². The van der Waals surface area contributed by atoms with Gasteiger partial charge in [0.25, 0.3) is 11.8 Å². The van der Waals surface area contributed by atoms with E-state index in [1.54, 1.807) is 6.92 Å². The predicted molar refractivity (Wildman–Crippen MR) is 118 cm³/mol. The molecule has 1 saturated carbocycles. The number of piperidine rings is 1. The molecule has 0 spiro atoms. The van der Waals surface area contributed by atoms with E-state index >= 15 is 0 Å². The van der Waals surface area contributed by atoms with Crippen LogP contribution in [0.4, 0.5) is 33.6 Å². The van der Waals surface area contributed by atoms with Crippen LogP contribution in [0.25, 0.3) is 0 Å². The Morgan fingerprint density at radius 3 is 2.61 bits per heavy atom. The lowest BCUT2D eigenvalue weighted by Gasteiger charge is -2.39. The van der Waals surface area contributed by atoms with E-state index < -0.39 is 42.9 Å². The lowest BCUT2D eigenvalue weighted by molar-refractivity contribution is -0.274. The fourth-order valence-electron chi connectivity index (χ4n) is 3.91. The largest absolute Gasteiger partial charge is 0.573 e. The highest BCUT2D eigenvalue weighted by Gasteiger charge is 2.43. The Hall–Kier alpha value is -3.51. The average molecular weight is 513 g/mol. The van der Waals surface area contributed by atoms with Gasteiger partial charge in [-0.05, 0) is 43.9 Å². The van der Waals surface area contributed by atoms with Crippen LogP contribution in [-0.2, 0) is 4.79 Å². The summed E-state index contributed by atoms with van der Waals surface area (Å²) in [6.45, 7) is 0.836. The maximum atomic E-state index is 14.2. The number of carbonyl (C=O) groups is 2. The smallest absolute Gasteiger partial charge is 0.406 e. The van der Waals surface area contributed by atoms with Gasteiger partial charge < -0.3 is 20.3 Å². The minimum atomic E-state index is -4.88. The number of likely N-dealkylation sites (tertiary alicyclic amines) is 1. The summed E-state index contributed by atoms with van der Waals surface area (Å²) in [7, 11) is 0. The van der Waals surface area contributed by atoms with Crippen LogP contribution in [0, 0.1) is 12.8 Å². The molecule has 194 valence electrons. The molecule has 1 aliphatic heterocycles. The molecule has 0 unspecified atom stereocenters. The molecular formula is C23H24F5N5O3. The number of nitrogens with one attached hydrogen (secondary N) is 2. The third-order valence-electron chi connectivity index (χ3n) is 5.93. The standard InChI is InChI=1S/C23H24F5N5O3/c1-13-2-5-17(31-18-10-16(7-9-29-18)36-23(26,27)28)32-19(13)21(35)33-12-22(24,25)8-6-15(33)11-30-20(34)14-3-4-14/h2,5,7,9-10,14-15H,3-4,6,8,11-12H2,1H3,(H,30,34)(H,29,31,32)/t15-/m1/s1. The van der Waals surface area contributed by atoms with Crippen molar-refractivity contribution in [1.29, 1.82) is 0 Å². The average Bonchev–Trinajstić information content (AvgIpc) is 3.63. The SMILES string of the molecule is Cc1ccc(Nc2cc(OC(F)(F)F)ccn2)nc1C(=O)N1CC(F)(F)CC[C@@H]1CNC(=O)C1CC1. The van der Waals surface area contributed by atoms with Gasteiger partial charge in [-0.15, -0.1) is 13.2 Å². The second-order valence-corrected chi connectivity index (χ2v) is 8.91. The van der Waals surface area contributed by atoms with Crippen molar-refractivity contribution >= 4 is 23.5 Å². The molecule has 8 nitrogen and oxygen atoms in total. The molecule has 1 aliphatic carbocycles. The maximum Gasteiger partial charge on any atom is 0.573 e. The summed E-state index contributed by atoms with van der Waals surface area (Å²) < 4.78 is 69.9. The Morgan fingerprint density at radius 1 is 1.17 bits per heavy atom. The lowest BCUT2D eigenvalue weighted by Crippen LogP contribution is -2.55. The van der Waals surface area contributed by atoms with Crippen LogP contribution in [0.2, 0.25) is 0 Å². The van der Waals surface area contributed by atoms with Crippen molar-refractivity contribution in [3.63, 3.8) is 0 Å². The van der Waals surface area contributed by atoms with E-state index in [0.717, 1.165) is 36.1 Å². The molecule has 13 heteroatoms. The Labute approximate surface area is 203 Å². The van der Waals surface area contributed by atoms with Gasteiger partial charge in [-0.1, -0.05) is 6.07 Å². The van der Waals surface area contributed by atoms with Crippen molar-refractivity contribution in [1.82, 2.24) is 20.2 Å². The molecule has 4 rings (SSSR count). The van der Waals surface area contributed by atoms with Gasteiger partial charge in [0, 0.05) is 37.2 Å². The van der Waals surface area contributed by atoms with Gasteiger partial charge in [-0.2, -0.15) is 0 Å². The number of carbonyl (C=O) groups excluding carboxylic acids is 2. The van der Waals surface area contributed by atoms with Crippen molar-refractivity contribution < 1.29 is 36.3 Å². The molecular weight excluding hydrogens is 489 g/mol. The number of ether oxygens (including phenoxy) is 1. The zero-order valence-electron chi connectivity index (χ0n) is 19.2. The molecule has 2 aromatic rings. The molecule has 1 atom stereocenters. The number of anilines is 2. The van der Waals surface area contributed by atoms with E-state index in [-0.39, 0.29) is 42.1 Å². The number of alkyl halides is 5. The van der Waals surface area contributed by atoms with Gasteiger partial charge >= 0.3 is 6.36 Å². The maximum absolute atomic E-state index is 14.2. The number of aryl methyl sites for hydroxylation is 1. The van der Waals surface area contributed by atoms with Gasteiger partial charge in [0.05, 0.1) is 6.54 Å². The summed E-state index contributed by atoms with van der Waals surface area (Å²) in [4.78, 5) is 34.6. The highest BCUT2D eigenvalue weighted by atomic mass is 19.4. The van der Waals surface area contributed by atoms with Gasteiger partial charge in [0.2, 0.25) is 5.91 Å². The van der Waals surface area contributed by atoms with E-state index in [1.807, 2.05) is 0 Å². The monoisotopic (exact) mass is 513 g/mol. The van der Waals surface area contributed by atoms with Gasteiger partial charge in [-0.3, -0.25) is 9.59 Å². The number of pyridine rings is 2. The third-order valence-corrected chi connectivity index (χ3v) is 5.93. The first-order valence-corrected chi connectivity index (χ1v) is 11.3. The van der Waals surface area contributed by atoms with Crippen LogP contribution in [0.5, 0.6) is 5.75 Å². The van der Waals surface area contributed by atoms with E-state index in [1.165, 1.54) is 12.1 Å². The summed E-state index contributed by atoms with van der Waals surface area (Å²) in [5.41, 5.74) is 0.321. The van der Waals surface area contributed by atoms with Crippen LogP contribution < -0.4 is 15.4 Å². The zero-order valence-corrected chi connectivity index (χ0v) is 19.2. The summed E-state index contributed by atoms with van der Waals surface area (Å²) in [6.07, 6.45) is -2.60. The van der Waals surface area contributed by atoms with Gasteiger partial charge in [0.1, 0.15) is 23.1 Å². The van der Waals surface area contributed by atoms with Crippen molar-refractivity contribution in [2.75, 3.05) is 18.4 Å². The van der Waals surface area contributed by atoms with E-state index in [0.29, 0.717) is 5.56 Å². The van der Waals surface area contributed by atoms with Crippen LogP contribution in [0.3, 0.4) is 0 Å². The molecule has 36 heavy (non-hydrogen) atoms. The number of hydrogen-bond acceptors (Lipinski definition) is 6. The lowest BCUT2D eigenvalue weighted by atomic mass is 9.98. The summed E-state index contributed by atoms with van der Waals surface area (Å²) >= 11 is 0. The van der Waals surface area contributed by atoms with Crippen LogP contribution in [0.15, 0.2) is 30.5 Å². The number of amides is 2. The number of rotatable bonds is 7. The van der Waals surface area contributed by atoms with Crippen molar-refractivity contribution in [3.05, 3.63) is 41.7 Å². The first-order chi connectivity index (χ1) is 16.9. The Kier molecular flexibility index (Phi) is 7.01. The minimum Gasteiger partial charge on any atom is -0.406 e. The molecule has 1 saturated heterocycles. The highest BCUT2D eigenvalue weighted by molar-refractivity contribution is 5.94. The first kappa shape index (κ1) is 25.6. The summed E-state index contributed by atoms with van der Waals surface area (Å²) in [6, 6.07) is 4.40. The van der Waals surface area contributed by atoms with E-state index in [2.05, 4.69) is 25.3 Å². The Bertz CT molecular complexity index is 1140. The van der Waals surface area contributed by atoms with E-state index in [4.69, 9.17) is 0 Å². The first-order valence-electron chi connectivity index (χ1n) is 11.3. The number of halogens is 5. The second-order valence-electron chi connectivity index (χ2n) is 8.91. The van der Waals surface area contributed by atoms with Gasteiger partial charge in [-0.25, -0.2) is 18.7 Å². The highest BCUT2D eigenvalue weighted by Crippen LogP contribution is 2.33. The van der Waals surface area contributed by atoms with E-state index in [9.17, 15) is 31.5 Å². The number of hydrogen-bond donors (Lipinski definition) is 2. The minimum absolute atomic E-state index is 0.0105. The van der Waals surface area contributed by atoms with Gasteiger partial charge in [0.15, 0.2) is 0 Å². The summed E-state index contributed by atoms with van der Waals surface area (Å²) in [5, 5.41) is 5.44. The topological polar surface area (TPSA) is 96.4 Å². The summed E-state index contributed by atoms with van der Waals surface area (Å²) in [5.74, 6) is -4.49. The zero-order chi connectivity index (χ0) is 26.1. The van der Waals surface area contributed by atoms with Crippen molar-refractivity contribution in [2.45, 2.75) is 50.9 Å². The molecule has 0 aromatic carbocycles. The predicted octanol–water partition coefficient (Wildman–Crippen LogP) is 4.19. The molecule has 2 aromatic heterocycles. The molecule has 0 radical (unpaired) electrons. The molecule has 2 amide bonds. The Morgan fingerprint density at radius 2 is 1.92 bits per heavy atom. The second kappa shape index (κ2) is 9.86. The van der Waals surface area contributed by atoms with Crippen LogP contribution in [-0.4, -0.2) is 58.1 Å². The van der Waals surface area contributed by atoms with Crippen molar-refractivity contribution in [3.8, 4) is 5.75 Å². The molecule has 0 bridgehead atoms. The molecule has 2 fully saturated rings.